The molecule has 0 bridgehead atoms. The van der Waals surface area contributed by atoms with Crippen LogP contribution in [0.5, 0.6) is 0 Å². The average Bonchev–Trinajstić information content (AvgIpc) is 2.47. The first-order valence-electron chi connectivity index (χ1n) is 8.20. The summed E-state index contributed by atoms with van der Waals surface area (Å²) in [5.74, 6) is 0.961. The van der Waals surface area contributed by atoms with E-state index in [9.17, 15) is 0 Å². The molecule has 0 aromatic heterocycles. The fourth-order valence-electron chi connectivity index (χ4n) is 3.97. The van der Waals surface area contributed by atoms with Gasteiger partial charge in [-0.15, -0.1) is 0 Å². The molecule has 2 rings (SSSR count). The van der Waals surface area contributed by atoms with E-state index in [-0.39, 0.29) is 0 Å². The summed E-state index contributed by atoms with van der Waals surface area (Å²) in [7, 11) is 0. The van der Waals surface area contributed by atoms with Crippen LogP contribution in [0.25, 0.3) is 0 Å². The van der Waals surface area contributed by atoms with Crippen LogP contribution in [0.3, 0.4) is 0 Å². The SMILES string of the molecule is CCC1(CC)CN(C(C)C2CCCCC2)CCN1. The second-order valence-electron chi connectivity index (χ2n) is 6.52. The second kappa shape index (κ2) is 6.38. The quantitative estimate of drug-likeness (QED) is 0.825. The first-order chi connectivity index (χ1) is 8.71. The number of hydrogen-bond donors (Lipinski definition) is 1. The number of hydrogen-bond acceptors (Lipinski definition) is 2. The van der Waals surface area contributed by atoms with Gasteiger partial charge in [0.05, 0.1) is 0 Å². The zero-order valence-electron chi connectivity index (χ0n) is 12.7. The highest BCUT2D eigenvalue weighted by Crippen LogP contribution is 2.31. The monoisotopic (exact) mass is 252 g/mol. The van der Waals surface area contributed by atoms with Gasteiger partial charge in [-0.2, -0.15) is 0 Å². The van der Waals surface area contributed by atoms with Gasteiger partial charge in [0.2, 0.25) is 0 Å². The van der Waals surface area contributed by atoms with Crippen LogP contribution in [0, 0.1) is 5.92 Å². The molecule has 1 N–H and O–H groups in total. The van der Waals surface area contributed by atoms with E-state index in [1.165, 1.54) is 64.6 Å². The molecule has 0 spiro atoms. The maximum Gasteiger partial charge on any atom is 0.0304 e. The molecule has 0 radical (unpaired) electrons. The first-order valence-corrected chi connectivity index (χ1v) is 8.20. The molecular formula is C16H32N2. The highest BCUT2D eigenvalue weighted by Gasteiger charge is 2.35. The third kappa shape index (κ3) is 3.08. The Morgan fingerprint density at radius 1 is 1.17 bits per heavy atom. The van der Waals surface area contributed by atoms with Crippen molar-refractivity contribution in [3.8, 4) is 0 Å². The van der Waals surface area contributed by atoms with Gasteiger partial charge in [0.1, 0.15) is 0 Å². The van der Waals surface area contributed by atoms with Crippen molar-refractivity contribution in [3.63, 3.8) is 0 Å². The summed E-state index contributed by atoms with van der Waals surface area (Å²) in [4.78, 5) is 2.78. The van der Waals surface area contributed by atoms with E-state index in [1.54, 1.807) is 0 Å². The fraction of sp³-hybridized carbons (Fsp3) is 1.00. The van der Waals surface area contributed by atoms with Crippen LogP contribution in [0.1, 0.15) is 65.7 Å². The molecule has 1 heterocycles. The lowest BCUT2D eigenvalue weighted by atomic mass is 9.82. The normalized spacial score (nSPS) is 28.2. The average molecular weight is 252 g/mol. The van der Waals surface area contributed by atoms with Crippen molar-refractivity contribution in [2.24, 2.45) is 5.92 Å². The lowest BCUT2D eigenvalue weighted by Gasteiger charge is -2.47. The van der Waals surface area contributed by atoms with E-state index < -0.39 is 0 Å². The lowest BCUT2D eigenvalue weighted by Crippen LogP contribution is -2.62. The minimum absolute atomic E-state index is 0.390. The molecule has 2 fully saturated rings. The maximum absolute atomic E-state index is 3.78. The number of nitrogens with one attached hydrogen (secondary N) is 1. The van der Waals surface area contributed by atoms with Crippen LogP contribution in [0.4, 0.5) is 0 Å². The number of piperazine rings is 1. The summed E-state index contributed by atoms with van der Waals surface area (Å²) in [6.45, 7) is 10.9. The molecule has 2 nitrogen and oxygen atoms in total. The van der Waals surface area contributed by atoms with Gasteiger partial charge in [0.25, 0.3) is 0 Å². The maximum atomic E-state index is 3.78. The molecule has 106 valence electrons. The van der Waals surface area contributed by atoms with E-state index in [0.717, 1.165) is 12.0 Å². The molecule has 0 aromatic rings. The van der Waals surface area contributed by atoms with Crippen LogP contribution < -0.4 is 5.32 Å². The lowest BCUT2D eigenvalue weighted by molar-refractivity contribution is 0.0571. The molecule has 1 aliphatic heterocycles. The Hall–Kier alpha value is -0.0800. The third-order valence-electron chi connectivity index (χ3n) is 5.67. The van der Waals surface area contributed by atoms with Gasteiger partial charge in [0.15, 0.2) is 0 Å². The van der Waals surface area contributed by atoms with Crippen LogP contribution in [-0.2, 0) is 0 Å². The predicted molar refractivity (Wildman–Crippen MR) is 78.9 cm³/mol. The van der Waals surface area contributed by atoms with E-state index in [1.807, 2.05) is 0 Å². The molecule has 0 amide bonds. The topological polar surface area (TPSA) is 15.3 Å². The Bertz CT molecular complexity index is 241. The van der Waals surface area contributed by atoms with Crippen molar-refractivity contribution in [1.82, 2.24) is 10.2 Å². The summed E-state index contributed by atoms with van der Waals surface area (Å²) in [5.41, 5.74) is 0.390. The highest BCUT2D eigenvalue weighted by atomic mass is 15.2. The van der Waals surface area contributed by atoms with Crippen molar-refractivity contribution in [3.05, 3.63) is 0 Å². The summed E-state index contributed by atoms with van der Waals surface area (Å²) in [5, 5.41) is 3.78. The zero-order valence-corrected chi connectivity index (χ0v) is 12.7. The highest BCUT2D eigenvalue weighted by molar-refractivity contribution is 4.95. The van der Waals surface area contributed by atoms with Gasteiger partial charge < -0.3 is 5.32 Å². The van der Waals surface area contributed by atoms with Crippen molar-refractivity contribution in [1.29, 1.82) is 0 Å². The van der Waals surface area contributed by atoms with Gasteiger partial charge in [-0.1, -0.05) is 33.1 Å². The molecule has 1 aliphatic carbocycles. The second-order valence-corrected chi connectivity index (χ2v) is 6.52. The van der Waals surface area contributed by atoms with Crippen molar-refractivity contribution >= 4 is 0 Å². The van der Waals surface area contributed by atoms with Crippen LogP contribution >= 0.6 is 0 Å². The van der Waals surface area contributed by atoms with Gasteiger partial charge >= 0.3 is 0 Å². The van der Waals surface area contributed by atoms with Gasteiger partial charge in [-0.3, -0.25) is 4.90 Å². The van der Waals surface area contributed by atoms with Crippen molar-refractivity contribution in [2.45, 2.75) is 77.3 Å². The van der Waals surface area contributed by atoms with Crippen LogP contribution in [0.15, 0.2) is 0 Å². The molecule has 1 saturated carbocycles. The molecule has 2 heteroatoms. The summed E-state index contributed by atoms with van der Waals surface area (Å²) in [6, 6.07) is 0.796. The van der Waals surface area contributed by atoms with Crippen LogP contribution in [0.2, 0.25) is 0 Å². The molecule has 1 atom stereocenters. The Kier molecular flexibility index (Phi) is 5.08. The van der Waals surface area contributed by atoms with Crippen molar-refractivity contribution in [2.75, 3.05) is 19.6 Å². The van der Waals surface area contributed by atoms with Crippen LogP contribution in [-0.4, -0.2) is 36.1 Å². The molecular weight excluding hydrogens is 220 g/mol. The van der Waals surface area contributed by atoms with Gasteiger partial charge in [-0.25, -0.2) is 0 Å². The molecule has 1 unspecified atom stereocenters. The molecule has 2 aliphatic rings. The minimum atomic E-state index is 0.390. The smallest absolute Gasteiger partial charge is 0.0304 e. The molecule has 18 heavy (non-hydrogen) atoms. The summed E-state index contributed by atoms with van der Waals surface area (Å²) >= 11 is 0. The summed E-state index contributed by atoms with van der Waals surface area (Å²) < 4.78 is 0. The summed E-state index contributed by atoms with van der Waals surface area (Å²) in [6.07, 6.45) is 9.86. The zero-order chi connectivity index (χ0) is 13.0. The molecule has 0 aromatic carbocycles. The van der Waals surface area contributed by atoms with E-state index >= 15 is 0 Å². The first kappa shape index (κ1) is 14.3. The van der Waals surface area contributed by atoms with Gasteiger partial charge in [0, 0.05) is 31.2 Å². The molecule has 1 saturated heterocycles. The van der Waals surface area contributed by atoms with Crippen molar-refractivity contribution < 1.29 is 0 Å². The predicted octanol–water partition coefficient (Wildman–Crippen LogP) is 3.42. The van der Waals surface area contributed by atoms with E-state index in [4.69, 9.17) is 0 Å². The fourth-order valence-corrected chi connectivity index (χ4v) is 3.97. The largest absolute Gasteiger partial charge is 0.309 e. The third-order valence-corrected chi connectivity index (χ3v) is 5.67. The Morgan fingerprint density at radius 3 is 2.44 bits per heavy atom. The Balaban J connectivity index is 1.94. The standard InChI is InChI=1S/C16H32N2/c1-4-16(5-2)13-18(12-11-17-16)14(3)15-9-7-6-8-10-15/h14-15,17H,4-13H2,1-3H3. The number of nitrogens with zero attached hydrogens (tertiary/aromatic N) is 1. The minimum Gasteiger partial charge on any atom is -0.309 e. The Morgan fingerprint density at radius 2 is 1.83 bits per heavy atom. The Labute approximate surface area is 114 Å². The van der Waals surface area contributed by atoms with E-state index in [0.29, 0.717) is 5.54 Å². The van der Waals surface area contributed by atoms with Gasteiger partial charge in [-0.05, 0) is 38.5 Å². The van der Waals surface area contributed by atoms with E-state index in [2.05, 4.69) is 31.0 Å². The number of rotatable bonds is 4.